The largest absolute Gasteiger partial charge is 0.496 e. The van der Waals surface area contributed by atoms with E-state index in [2.05, 4.69) is 4.90 Å². The molecule has 1 atom stereocenters. The zero-order valence-corrected chi connectivity index (χ0v) is 12.7. The van der Waals surface area contributed by atoms with Crippen LogP contribution in [0.15, 0.2) is 18.2 Å². The monoisotopic (exact) mass is 292 g/mol. The predicted molar refractivity (Wildman–Crippen MR) is 82.4 cm³/mol. The lowest BCUT2D eigenvalue weighted by Crippen LogP contribution is -2.35. The smallest absolute Gasteiger partial charge is 0.217 e. The van der Waals surface area contributed by atoms with Crippen molar-refractivity contribution in [3.8, 4) is 5.75 Å². The Bertz CT molecular complexity index is 494. The molecule has 1 aliphatic heterocycles. The highest BCUT2D eigenvalue weighted by Gasteiger charge is 2.24. The van der Waals surface area contributed by atoms with Crippen LogP contribution in [0.5, 0.6) is 5.75 Å². The molecule has 5 heteroatoms. The number of nitrogens with two attached hydrogens (primary N) is 1. The van der Waals surface area contributed by atoms with Gasteiger partial charge in [-0.25, -0.2) is 0 Å². The van der Waals surface area contributed by atoms with E-state index in [4.69, 9.17) is 10.5 Å². The number of primary amides is 1. The van der Waals surface area contributed by atoms with Crippen molar-refractivity contribution in [1.29, 1.82) is 0 Å². The number of benzene rings is 1. The number of aliphatic hydroxyl groups is 1. The van der Waals surface area contributed by atoms with E-state index in [0.717, 1.165) is 37.2 Å². The summed E-state index contributed by atoms with van der Waals surface area (Å²) in [7, 11) is 1.62. The minimum atomic E-state index is -0.584. The van der Waals surface area contributed by atoms with Gasteiger partial charge in [0.25, 0.3) is 0 Å². The number of aliphatic hydroxyl groups excluding tert-OH is 1. The van der Waals surface area contributed by atoms with Crippen molar-refractivity contribution < 1.29 is 14.6 Å². The van der Waals surface area contributed by atoms with E-state index in [1.807, 2.05) is 18.2 Å². The molecule has 0 spiro atoms. The molecule has 1 saturated heterocycles. The molecule has 3 N–H and O–H groups in total. The van der Waals surface area contributed by atoms with E-state index in [9.17, 15) is 9.90 Å². The first kappa shape index (κ1) is 15.6. The average Bonchev–Trinajstić information content (AvgIpc) is 2.46. The molecule has 0 aromatic heterocycles. The molecule has 1 aliphatic rings. The van der Waals surface area contributed by atoms with Crippen LogP contribution in [-0.2, 0) is 4.79 Å². The molecule has 0 saturated carbocycles. The summed E-state index contributed by atoms with van der Waals surface area (Å²) >= 11 is 0. The maximum absolute atomic E-state index is 11.0. The molecular formula is C16H24N2O3. The number of piperidine rings is 1. The Morgan fingerprint density at radius 3 is 2.67 bits per heavy atom. The molecule has 0 unspecified atom stereocenters. The number of hydrogen-bond acceptors (Lipinski definition) is 4. The van der Waals surface area contributed by atoms with Gasteiger partial charge in [-0.15, -0.1) is 0 Å². The summed E-state index contributed by atoms with van der Waals surface area (Å²) < 4.78 is 5.36. The minimum absolute atomic E-state index is 0.223. The molecular weight excluding hydrogens is 268 g/mol. The minimum Gasteiger partial charge on any atom is -0.496 e. The Morgan fingerprint density at radius 1 is 1.48 bits per heavy atom. The van der Waals surface area contributed by atoms with Crippen LogP contribution in [0.3, 0.4) is 0 Å². The van der Waals surface area contributed by atoms with Crippen LogP contribution in [-0.4, -0.2) is 31.2 Å². The number of rotatable bonds is 5. The number of methoxy groups -OCH3 is 1. The number of ether oxygens (including phenoxy) is 1. The third kappa shape index (κ3) is 3.67. The average molecular weight is 292 g/mol. The predicted octanol–water partition coefficient (Wildman–Crippen LogP) is 1.84. The fraction of sp³-hybridized carbons (Fsp3) is 0.562. The van der Waals surface area contributed by atoms with Crippen molar-refractivity contribution in [3.05, 3.63) is 23.8 Å². The highest BCUT2D eigenvalue weighted by atomic mass is 16.5. The summed E-state index contributed by atoms with van der Waals surface area (Å²) in [6, 6.07) is 5.82. The zero-order chi connectivity index (χ0) is 15.4. The van der Waals surface area contributed by atoms with Gasteiger partial charge in [-0.1, -0.05) is 6.07 Å². The summed E-state index contributed by atoms with van der Waals surface area (Å²) in [5.41, 5.74) is 7.11. The molecule has 1 fully saturated rings. The standard InChI is InChI=1S/C16H24N2O3/c1-11(19)16-13(4-3-5-14(16)21-2)18-8-6-12(7-9-18)10-15(17)20/h3-5,11-12,19H,6-10H2,1-2H3,(H2,17,20)/t11-/m1/s1. The van der Waals surface area contributed by atoms with Crippen LogP contribution in [0.1, 0.15) is 37.9 Å². The summed E-state index contributed by atoms with van der Waals surface area (Å²) in [5.74, 6) is 0.862. The van der Waals surface area contributed by atoms with Crippen molar-refractivity contribution in [2.75, 3.05) is 25.1 Å². The van der Waals surface area contributed by atoms with Gasteiger partial charge in [-0.3, -0.25) is 4.79 Å². The van der Waals surface area contributed by atoms with Crippen LogP contribution in [0.25, 0.3) is 0 Å². The van der Waals surface area contributed by atoms with Crippen LogP contribution in [0.4, 0.5) is 5.69 Å². The lowest BCUT2D eigenvalue weighted by atomic mass is 9.92. The van der Waals surface area contributed by atoms with Gasteiger partial charge in [0.15, 0.2) is 0 Å². The van der Waals surface area contributed by atoms with E-state index in [0.29, 0.717) is 18.1 Å². The first-order valence-electron chi connectivity index (χ1n) is 7.41. The second kappa shape index (κ2) is 6.80. The third-order valence-electron chi connectivity index (χ3n) is 4.13. The van der Waals surface area contributed by atoms with Crippen molar-refractivity contribution in [1.82, 2.24) is 0 Å². The van der Waals surface area contributed by atoms with Gasteiger partial charge in [-0.2, -0.15) is 0 Å². The fourth-order valence-corrected chi connectivity index (χ4v) is 3.07. The van der Waals surface area contributed by atoms with Gasteiger partial charge in [-0.05, 0) is 37.8 Å². The SMILES string of the molecule is COc1cccc(N2CCC(CC(N)=O)CC2)c1[C@@H](C)O. The molecule has 1 amide bonds. The Morgan fingerprint density at radius 2 is 2.14 bits per heavy atom. The summed E-state index contributed by atoms with van der Waals surface area (Å²) in [6.07, 6.45) is 1.77. The lowest BCUT2D eigenvalue weighted by molar-refractivity contribution is -0.119. The number of anilines is 1. The summed E-state index contributed by atoms with van der Waals surface area (Å²) in [5, 5.41) is 10.1. The Kier molecular flexibility index (Phi) is 5.07. The van der Waals surface area contributed by atoms with Crippen molar-refractivity contribution >= 4 is 11.6 Å². The molecule has 21 heavy (non-hydrogen) atoms. The summed E-state index contributed by atoms with van der Waals surface area (Å²) in [4.78, 5) is 13.3. The van der Waals surface area contributed by atoms with Crippen molar-refractivity contribution in [2.45, 2.75) is 32.3 Å². The van der Waals surface area contributed by atoms with Gasteiger partial charge >= 0.3 is 0 Å². The molecule has 0 aliphatic carbocycles. The van der Waals surface area contributed by atoms with E-state index in [1.165, 1.54) is 0 Å². The molecule has 5 nitrogen and oxygen atoms in total. The molecule has 0 radical (unpaired) electrons. The van der Waals surface area contributed by atoms with Gasteiger partial charge in [0.1, 0.15) is 5.75 Å². The Hall–Kier alpha value is -1.75. The third-order valence-corrected chi connectivity index (χ3v) is 4.13. The number of hydrogen-bond donors (Lipinski definition) is 2. The second-order valence-electron chi connectivity index (χ2n) is 5.67. The van der Waals surface area contributed by atoms with E-state index in [-0.39, 0.29) is 5.91 Å². The van der Waals surface area contributed by atoms with Crippen LogP contribution < -0.4 is 15.4 Å². The molecule has 1 heterocycles. The Balaban J connectivity index is 2.15. The van der Waals surface area contributed by atoms with Gasteiger partial charge in [0.05, 0.1) is 13.2 Å². The van der Waals surface area contributed by atoms with Crippen molar-refractivity contribution in [3.63, 3.8) is 0 Å². The zero-order valence-electron chi connectivity index (χ0n) is 12.7. The van der Waals surface area contributed by atoms with E-state index < -0.39 is 6.10 Å². The second-order valence-corrected chi connectivity index (χ2v) is 5.67. The van der Waals surface area contributed by atoms with Crippen LogP contribution in [0.2, 0.25) is 0 Å². The molecule has 0 bridgehead atoms. The molecule has 1 aromatic carbocycles. The normalized spacial score (nSPS) is 17.6. The molecule has 2 rings (SSSR count). The van der Waals surface area contributed by atoms with E-state index >= 15 is 0 Å². The fourth-order valence-electron chi connectivity index (χ4n) is 3.07. The molecule has 116 valence electrons. The van der Waals surface area contributed by atoms with Crippen LogP contribution >= 0.6 is 0 Å². The lowest BCUT2D eigenvalue weighted by Gasteiger charge is -2.35. The molecule has 1 aromatic rings. The van der Waals surface area contributed by atoms with Gasteiger partial charge in [0.2, 0.25) is 5.91 Å². The summed E-state index contributed by atoms with van der Waals surface area (Å²) in [6.45, 7) is 3.48. The van der Waals surface area contributed by atoms with Crippen LogP contribution in [0, 0.1) is 5.92 Å². The van der Waals surface area contributed by atoms with Gasteiger partial charge < -0.3 is 20.5 Å². The van der Waals surface area contributed by atoms with Gasteiger partial charge in [0, 0.05) is 30.8 Å². The number of amides is 1. The first-order valence-corrected chi connectivity index (χ1v) is 7.41. The van der Waals surface area contributed by atoms with Crippen molar-refractivity contribution in [2.24, 2.45) is 11.7 Å². The Labute approximate surface area is 125 Å². The highest BCUT2D eigenvalue weighted by molar-refractivity contribution is 5.74. The topological polar surface area (TPSA) is 75.8 Å². The quantitative estimate of drug-likeness (QED) is 0.868. The maximum atomic E-state index is 11.0. The maximum Gasteiger partial charge on any atom is 0.217 e. The van der Waals surface area contributed by atoms with E-state index in [1.54, 1.807) is 14.0 Å². The first-order chi connectivity index (χ1) is 10.0. The number of carbonyl (C=O) groups is 1. The number of carbonyl (C=O) groups excluding carboxylic acids is 1. The number of nitrogens with zero attached hydrogens (tertiary/aromatic N) is 1. The highest BCUT2D eigenvalue weighted by Crippen LogP contribution is 2.36.